The summed E-state index contributed by atoms with van der Waals surface area (Å²) >= 11 is 1.07. The third-order valence-corrected chi connectivity index (χ3v) is 5.10. The van der Waals surface area contributed by atoms with Crippen molar-refractivity contribution in [3.63, 3.8) is 0 Å². The van der Waals surface area contributed by atoms with E-state index >= 15 is 0 Å². The lowest BCUT2D eigenvalue weighted by Crippen LogP contribution is -2.23. The molecule has 0 aliphatic carbocycles. The van der Waals surface area contributed by atoms with Crippen molar-refractivity contribution in [3.8, 4) is 11.3 Å². The van der Waals surface area contributed by atoms with Crippen LogP contribution in [-0.4, -0.2) is 21.2 Å². The topological polar surface area (TPSA) is 84.0 Å². The van der Waals surface area contributed by atoms with E-state index in [0.29, 0.717) is 28.7 Å². The molecule has 28 heavy (non-hydrogen) atoms. The Labute approximate surface area is 168 Å². The molecule has 0 aliphatic heterocycles. The molecule has 3 rings (SSSR count). The number of rotatable bonds is 6. The largest absolute Gasteiger partial charge is 0.347 e. The molecule has 0 bridgehead atoms. The van der Waals surface area contributed by atoms with Gasteiger partial charge in [0.25, 0.3) is 5.91 Å². The molecule has 0 saturated heterocycles. The normalized spacial score (nSPS) is 10.7. The van der Waals surface area contributed by atoms with E-state index in [0.717, 1.165) is 22.7 Å². The first kappa shape index (κ1) is 19.7. The zero-order valence-corrected chi connectivity index (χ0v) is 16.8. The van der Waals surface area contributed by atoms with E-state index in [1.807, 2.05) is 12.1 Å². The molecule has 2 aromatic heterocycles. The van der Waals surface area contributed by atoms with Crippen LogP contribution in [0, 0.1) is 0 Å². The third-order valence-electron chi connectivity index (χ3n) is 4.25. The number of pyridine rings is 1. The molecule has 3 aromatic rings. The first-order valence-corrected chi connectivity index (χ1v) is 9.77. The van der Waals surface area contributed by atoms with E-state index in [-0.39, 0.29) is 11.8 Å². The lowest BCUT2D eigenvalue weighted by Gasteiger charge is -2.09. The highest BCUT2D eigenvalue weighted by Crippen LogP contribution is 2.33. The molecule has 2 heterocycles. The average Bonchev–Trinajstić information content (AvgIpc) is 3.10. The van der Waals surface area contributed by atoms with Crippen molar-refractivity contribution < 1.29 is 9.59 Å². The minimum absolute atomic E-state index is 0.256. The van der Waals surface area contributed by atoms with Crippen molar-refractivity contribution in [2.75, 3.05) is 5.32 Å². The van der Waals surface area contributed by atoms with Gasteiger partial charge in [0.15, 0.2) is 0 Å². The van der Waals surface area contributed by atoms with Gasteiger partial charge in [-0.2, -0.15) is 4.37 Å². The molecule has 2 N–H and O–H groups in total. The summed E-state index contributed by atoms with van der Waals surface area (Å²) < 4.78 is 4.38. The smallest absolute Gasteiger partial charge is 0.265 e. The number of hydrogen-bond acceptors (Lipinski definition) is 5. The second-order valence-corrected chi connectivity index (χ2v) is 7.50. The summed E-state index contributed by atoms with van der Waals surface area (Å²) in [6.07, 6.45) is 3.29. The molecule has 0 spiro atoms. The van der Waals surface area contributed by atoms with Crippen LogP contribution in [0.5, 0.6) is 0 Å². The van der Waals surface area contributed by atoms with Crippen LogP contribution in [0.2, 0.25) is 0 Å². The maximum atomic E-state index is 12.7. The van der Waals surface area contributed by atoms with E-state index in [4.69, 9.17) is 0 Å². The zero-order chi connectivity index (χ0) is 20.1. The molecule has 0 aliphatic rings. The number of anilines is 1. The van der Waals surface area contributed by atoms with Crippen LogP contribution in [-0.2, 0) is 11.3 Å². The van der Waals surface area contributed by atoms with Gasteiger partial charge in [-0.15, -0.1) is 0 Å². The summed E-state index contributed by atoms with van der Waals surface area (Å²) in [5, 5.41) is 5.66. The third kappa shape index (κ3) is 4.61. The predicted molar refractivity (Wildman–Crippen MR) is 111 cm³/mol. The Bertz CT molecular complexity index is 966. The molecule has 2 amide bonds. The van der Waals surface area contributed by atoms with Crippen molar-refractivity contribution >= 4 is 29.0 Å². The van der Waals surface area contributed by atoms with Crippen molar-refractivity contribution in [2.45, 2.75) is 33.2 Å². The van der Waals surface area contributed by atoms with E-state index in [1.54, 1.807) is 24.5 Å². The van der Waals surface area contributed by atoms with Crippen LogP contribution in [0.15, 0.2) is 48.8 Å². The molecule has 7 heteroatoms. The summed E-state index contributed by atoms with van der Waals surface area (Å²) in [5.41, 5.74) is 4.05. The maximum absolute atomic E-state index is 12.7. The number of aromatic nitrogens is 2. The summed E-state index contributed by atoms with van der Waals surface area (Å²) in [7, 11) is 0. The SMILES string of the molecule is CC(=O)Nc1c(-c2ccncc2)nsc1C(=O)NCc1ccc(C(C)C)cc1. The number of carbonyl (C=O) groups is 2. The Morgan fingerprint density at radius 3 is 2.36 bits per heavy atom. The second kappa shape index (κ2) is 8.75. The Kier molecular flexibility index (Phi) is 6.16. The van der Waals surface area contributed by atoms with E-state index in [1.165, 1.54) is 12.5 Å². The van der Waals surface area contributed by atoms with Gasteiger partial charge < -0.3 is 10.6 Å². The van der Waals surface area contributed by atoms with Gasteiger partial charge in [0.05, 0.1) is 5.69 Å². The quantitative estimate of drug-likeness (QED) is 0.656. The van der Waals surface area contributed by atoms with Crippen LogP contribution in [0.1, 0.15) is 47.5 Å². The fourth-order valence-corrected chi connectivity index (χ4v) is 3.50. The summed E-state index contributed by atoms with van der Waals surface area (Å²) in [6, 6.07) is 11.8. The highest BCUT2D eigenvalue weighted by atomic mass is 32.1. The summed E-state index contributed by atoms with van der Waals surface area (Å²) in [4.78, 5) is 28.8. The monoisotopic (exact) mass is 394 g/mol. The predicted octanol–water partition coefficient (Wildman–Crippen LogP) is 4.22. The van der Waals surface area contributed by atoms with Crippen LogP contribution in [0.4, 0.5) is 5.69 Å². The van der Waals surface area contributed by atoms with Crippen molar-refractivity contribution in [1.82, 2.24) is 14.7 Å². The molecule has 6 nitrogen and oxygen atoms in total. The van der Waals surface area contributed by atoms with E-state index < -0.39 is 0 Å². The Hall–Kier alpha value is -3.06. The van der Waals surface area contributed by atoms with Crippen molar-refractivity contribution in [1.29, 1.82) is 0 Å². The molecule has 1 aromatic carbocycles. The van der Waals surface area contributed by atoms with Gasteiger partial charge in [-0.3, -0.25) is 14.6 Å². The standard InChI is InChI=1S/C21H22N4O2S/c1-13(2)16-6-4-15(5-7-16)12-23-21(27)20-19(24-14(3)26)18(25-28-20)17-8-10-22-11-9-17/h4-11,13H,12H2,1-3H3,(H,23,27)(H,24,26). The van der Waals surface area contributed by atoms with Crippen LogP contribution >= 0.6 is 11.5 Å². The van der Waals surface area contributed by atoms with E-state index in [9.17, 15) is 9.59 Å². The van der Waals surface area contributed by atoms with Gasteiger partial charge in [-0.1, -0.05) is 38.1 Å². The molecular weight excluding hydrogens is 372 g/mol. The van der Waals surface area contributed by atoms with Crippen molar-refractivity contribution in [2.24, 2.45) is 0 Å². The van der Waals surface area contributed by atoms with Crippen molar-refractivity contribution in [3.05, 3.63) is 64.8 Å². The van der Waals surface area contributed by atoms with Gasteiger partial charge in [-0.05, 0) is 40.7 Å². The van der Waals surface area contributed by atoms with Crippen LogP contribution in [0.25, 0.3) is 11.3 Å². The number of benzene rings is 1. The molecule has 144 valence electrons. The van der Waals surface area contributed by atoms with Gasteiger partial charge in [0, 0.05) is 31.4 Å². The fraction of sp³-hybridized carbons (Fsp3) is 0.238. The van der Waals surface area contributed by atoms with Crippen LogP contribution < -0.4 is 10.6 Å². The molecule has 0 fully saturated rings. The Morgan fingerprint density at radius 2 is 1.75 bits per heavy atom. The van der Waals surface area contributed by atoms with Crippen LogP contribution in [0.3, 0.4) is 0 Å². The minimum atomic E-state index is -0.269. The molecular formula is C21H22N4O2S. The number of amides is 2. The highest BCUT2D eigenvalue weighted by molar-refractivity contribution is 7.09. The molecule has 0 radical (unpaired) electrons. The number of nitrogens with zero attached hydrogens (tertiary/aromatic N) is 2. The first-order chi connectivity index (χ1) is 13.5. The van der Waals surface area contributed by atoms with Gasteiger partial charge >= 0.3 is 0 Å². The maximum Gasteiger partial charge on any atom is 0.265 e. The zero-order valence-electron chi connectivity index (χ0n) is 16.0. The van der Waals surface area contributed by atoms with Gasteiger partial charge in [-0.25, -0.2) is 0 Å². The Morgan fingerprint density at radius 1 is 1.07 bits per heavy atom. The highest BCUT2D eigenvalue weighted by Gasteiger charge is 2.21. The number of carbonyl (C=O) groups excluding carboxylic acids is 2. The lowest BCUT2D eigenvalue weighted by atomic mass is 10.0. The molecule has 0 unspecified atom stereocenters. The second-order valence-electron chi connectivity index (χ2n) is 6.73. The minimum Gasteiger partial charge on any atom is -0.347 e. The summed E-state index contributed by atoms with van der Waals surface area (Å²) in [6.45, 7) is 6.10. The Balaban J connectivity index is 1.79. The van der Waals surface area contributed by atoms with Gasteiger partial charge in [0.1, 0.15) is 10.6 Å². The van der Waals surface area contributed by atoms with Gasteiger partial charge in [0.2, 0.25) is 5.91 Å². The molecule has 0 saturated carbocycles. The van der Waals surface area contributed by atoms with E-state index in [2.05, 4.69) is 46.0 Å². The summed E-state index contributed by atoms with van der Waals surface area (Å²) in [5.74, 6) is -0.0593. The average molecular weight is 395 g/mol. The fourth-order valence-electron chi connectivity index (χ4n) is 2.73. The number of nitrogens with one attached hydrogen (secondary N) is 2. The first-order valence-electron chi connectivity index (χ1n) is 9.00. The lowest BCUT2D eigenvalue weighted by molar-refractivity contribution is -0.114. The molecule has 0 atom stereocenters. The number of hydrogen-bond donors (Lipinski definition) is 2.